The number of hydrogen-bond donors (Lipinski definition) is 2. The average molecular weight is 280 g/mol. The van der Waals surface area contributed by atoms with Gasteiger partial charge in [-0.05, 0) is 19.1 Å². The van der Waals surface area contributed by atoms with Gasteiger partial charge in [0.15, 0.2) is 0 Å². The van der Waals surface area contributed by atoms with Crippen LogP contribution in [0.1, 0.15) is 19.1 Å². The monoisotopic (exact) mass is 280 g/mol. The Morgan fingerprint density at radius 1 is 1.60 bits per heavy atom. The number of likely N-dealkylation sites (tertiary alicyclic amines) is 1. The number of carbonyl (C=O) groups is 3. The first-order valence-electron chi connectivity index (χ1n) is 6.30. The molecule has 1 aromatic heterocycles. The quantitative estimate of drug-likeness (QED) is 0.803. The van der Waals surface area contributed by atoms with Crippen molar-refractivity contribution in [3.63, 3.8) is 0 Å². The second-order valence-electron chi connectivity index (χ2n) is 4.82. The van der Waals surface area contributed by atoms with Crippen LogP contribution in [0.4, 0.5) is 0 Å². The maximum atomic E-state index is 11.9. The van der Waals surface area contributed by atoms with Gasteiger partial charge in [0.1, 0.15) is 11.8 Å². The molecule has 7 nitrogen and oxygen atoms in total. The number of furan rings is 1. The van der Waals surface area contributed by atoms with Crippen molar-refractivity contribution in [2.45, 2.75) is 25.9 Å². The molecule has 1 fully saturated rings. The number of carboxylic acid groups (broad SMARTS) is 1. The molecule has 0 aromatic carbocycles. The lowest BCUT2D eigenvalue weighted by molar-refractivity contribution is -0.141. The Hall–Kier alpha value is -2.31. The lowest BCUT2D eigenvalue weighted by atomic mass is 10.1. The van der Waals surface area contributed by atoms with E-state index in [1.165, 1.54) is 18.1 Å². The summed E-state index contributed by atoms with van der Waals surface area (Å²) in [5.74, 6) is -1.51. The molecule has 0 saturated carbocycles. The molecular weight excluding hydrogens is 264 g/mol. The van der Waals surface area contributed by atoms with Crippen LogP contribution >= 0.6 is 0 Å². The van der Waals surface area contributed by atoms with E-state index < -0.39 is 23.8 Å². The van der Waals surface area contributed by atoms with E-state index in [9.17, 15) is 14.4 Å². The van der Waals surface area contributed by atoms with Crippen LogP contribution in [0.15, 0.2) is 22.8 Å². The molecule has 2 rings (SSSR count). The minimum Gasteiger partial charge on any atom is -0.480 e. The Kier molecular flexibility index (Phi) is 4.07. The number of carbonyl (C=O) groups excluding carboxylic acids is 2. The van der Waals surface area contributed by atoms with Gasteiger partial charge in [0, 0.05) is 13.0 Å². The van der Waals surface area contributed by atoms with Gasteiger partial charge in [-0.1, -0.05) is 0 Å². The van der Waals surface area contributed by atoms with Crippen LogP contribution in [0.3, 0.4) is 0 Å². The maximum Gasteiger partial charge on any atom is 0.325 e. The number of amides is 2. The Labute approximate surface area is 115 Å². The third kappa shape index (κ3) is 3.17. The molecule has 2 amide bonds. The average Bonchev–Trinajstić information content (AvgIpc) is 3.00. The van der Waals surface area contributed by atoms with E-state index in [0.29, 0.717) is 12.3 Å². The summed E-state index contributed by atoms with van der Waals surface area (Å²) >= 11 is 0. The molecule has 1 aliphatic rings. The second kappa shape index (κ2) is 5.77. The first-order valence-corrected chi connectivity index (χ1v) is 6.30. The van der Waals surface area contributed by atoms with Crippen LogP contribution in [0.25, 0.3) is 0 Å². The topological polar surface area (TPSA) is 99.9 Å². The minimum atomic E-state index is -1.10. The van der Waals surface area contributed by atoms with Gasteiger partial charge in [-0.3, -0.25) is 14.4 Å². The third-order valence-corrected chi connectivity index (χ3v) is 3.24. The highest BCUT2D eigenvalue weighted by atomic mass is 16.4. The maximum absolute atomic E-state index is 11.9. The predicted octanol–water partition coefficient (Wildman–Crippen LogP) is 0.217. The number of carboxylic acids is 1. The standard InChI is InChI=1S/C13H16N2O5/c1-8(13(18)19)14-12(17)9-5-11(16)15(6-9)7-10-3-2-4-20-10/h2-4,8-9H,5-7H2,1H3,(H,14,17)(H,18,19)/t8-,9?/m0/s1. The SMILES string of the molecule is C[C@H](NC(=O)C1CC(=O)N(Cc2ccco2)C1)C(=O)O. The fraction of sp³-hybridized carbons (Fsp3) is 0.462. The van der Waals surface area contributed by atoms with Gasteiger partial charge in [0.25, 0.3) is 0 Å². The summed E-state index contributed by atoms with van der Waals surface area (Å²) in [6, 6.07) is 2.53. The summed E-state index contributed by atoms with van der Waals surface area (Å²) in [5.41, 5.74) is 0. The first kappa shape index (κ1) is 14.1. The minimum absolute atomic E-state index is 0.0961. The molecule has 1 aromatic rings. The fourth-order valence-corrected chi connectivity index (χ4v) is 2.08. The normalized spacial score (nSPS) is 19.9. The summed E-state index contributed by atoms with van der Waals surface area (Å²) in [7, 11) is 0. The zero-order valence-electron chi connectivity index (χ0n) is 11.0. The van der Waals surface area contributed by atoms with Gasteiger partial charge in [-0.15, -0.1) is 0 Å². The summed E-state index contributed by atoms with van der Waals surface area (Å²) in [6.07, 6.45) is 1.62. The van der Waals surface area contributed by atoms with Crippen molar-refractivity contribution < 1.29 is 23.9 Å². The lowest BCUT2D eigenvalue weighted by Gasteiger charge is -2.16. The number of nitrogens with zero attached hydrogens (tertiary/aromatic N) is 1. The Balaban J connectivity index is 1.91. The van der Waals surface area contributed by atoms with Crippen LogP contribution in [-0.2, 0) is 20.9 Å². The largest absolute Gasteiger partial charge is 0.480 e. The van der Waals surface area contributed by atoms with E-state index in [-0.39, 0.29) is 18.9 Å². The lowest BCUT2D eigenvalue weighted by Crippen LogP contribution is -2.42. The number of nitrogens with one attached hydrogen (secondary N) is 1. The molecule has 0 bridgehead atoms. The van der Waals surface area contributed by atoms with Crippen LogP contribution in [0, 0.1) is 5.92 Å². The molecule has 2 N–H and O–H groups in total. The van der Waals surface area contributed by atoms with Crippen molar-refractivity contribution in [3.05, 3.63) is 24.2 Å². The van der Waals surface area contributed by atoms with Crippen molar-refractivity contribution >= 4 is 17.8 Å². The summed E-state index contributed by atoms with van der Waals surface area (Å²) in [4.78, 5) is 35.9. The molecule has 1 saturated heterocycles. The van der Waals surface area contributed by atoms with Crippen molar-refractivity contribution in [1.82, 2.24) is 10.2 Å². The van der Waals surface area contributed by atoms with Crippen LogP contribution in [-0.4, -0.2) is 40.4 Å². The molecule has 0 aliphatic carbocycles. The Morgan fingerprint density at radius 3 is 2.95 bits per heavy atom. The molecule has 7 heteroatoms. The van der Waals surface area contributed by atoms with E-state index in [1.807, 2.05) is 0 Å². The molecule has 0 spiro atoms. The molecule has 2 atom stereocenters. The summed E-state index contributed by atoms with van der Waals surface area (Å²) < 4.78 is 5.16. The van der Waals surface area contributed by atoms with Gasteiger partial charge in [-0.25, -0.2) is 0 Å². The molecule has 0 radical (unpaired) electrons. The number of aliphatic carboxylic acids is 1. The molecule has 1 aliphatic heterocycles. The van der Waals surface area contributed by atoms with E-state index in [2.05, 4.69) is 5.32 Å². The second-order valence-corrected chi connectivity index (χ2v) is 4.82. The molecule has 20 heavy (non-hydrogen) atoms. The van der Waals surface area contributed by atoms with Gasteiger partial charge in [0.2, 0.25) is 11.8 Å². The van der Waals surface area contributed by atoms with Crippen molar-refractivity contribution in [2.24, 2.45) is 5.92 Å². The van der Waals surface area contributed by atoms with Gasteiger partial charge in [0.05, 0.1) is 18.7 Å². The van der Waals surface area contributed by atoms with Gasteiger partial charge in [-0.2, -0.15) is 0 Å². The third-order valence-electron chi connectivity index (χ3n) is 3.24. The van der Waals surface area contributed by atoms with Crippen molar-refractivity contribution in [1.29, 1.82) is 0 Å². The predicted molar refractivity (Wildman–Crippen MR) is 67.5 cm³/mol. The van der Waals surface area contributed by atoms with E-state index >= 15 is 0 Å². The number of hydrogen-bond acceptors (Lipinski definition) is 4. The van der Waals surface area contributed by atoms with Gasteiger partial charge < -0.3 is 19.7 Å². The molecule has 1 unspecified atom stereocenters. The molecule has 108 valence electrons. The van der Waals surface area contributed by atoms with E-state index in [0.717, 1.165) is 0 Å². The highest BCUT2D eigenvalue weighted by molar-refractivity contribution is 5.91. The van der Waals surface area contributed by atoms with Crippen LogP contribution in [0.5, 0.6) is 0 Å². The van der Waals surface area contributed by atoms with Crippen molar-refractivity contribution in [3.8, 4) is 0 Å². The molecule has 2 heterocycles. The Bertz CT molecular complexity index is 511. The molecular formula is C13H16N2O5. The zero-order valence-corrected chi connectivity index (χ0v) is 11.0. The summed E-state index contributed by atoms with van der Waals surface area (Å²) in [5, 5.41) is 11.1. The van der Waals surface area contributed by atoms with Crippen LogP contribution in [0.2, 0.25) is 0 Å². The highest BCUT2D eigenvalue weighted by Crippen LogP contribution is 2.20. The fourth-order valence-electron chi connectivity index (χ4n) is 2.08. The van der Waals surface area contributed by atoms with Crippen molar-refractivity contribution in [2.75, 3.05) is 6.54 Å². The van der Waals surface area contributed by atoms with Gasteiger partial charge >= 0.3 is 5.97 Å². The summed E-state index contributed by atoms with van der Waals surface area (Å²) in [6.45, 7) is 1.99. The van der Waals surface area contributed by atoms with Crippen LogP contribution < -0.4 is 5.32 Å². The highest BCUT2D eigenvalue weighted by Gasteiger charge is 2.35. The zero-order chi connectivity index (χ0) is 14.7. The van der Waals surface area contributed by atoms with E-state index in [1.54, 1.807) is 12.1 Å². The first-order chi connectivity index (χ1) is 9.47. The van der Waals surface area contributed by atoms with E-state index in [4.69, 9.17) is 9.52 Å². The Morgan fingerprint density at radius 2 is 2.35 bits per heavy atom. The smallest absolute Gasteiger partial charge is 0.325 e. The number of rotatable bonds is 5.